The van der Waals surface area contributed by atoms with Crippen LogP contribution in [0.3, 0.4) is 0 Å². The summed E-state index contributed by atoms with van der Waals surface area (Å²) in [7, 11) is 1.88. The topological polar surface area (TPSA) is 20.3 Å². The van der Waals surface area contributed by atoms with Crippen molar-refractivity contribution in [3.8, 4) is 0 Å². The molecule has 3 heteroatoms. The van der Waals surface area contributed by atoms with E-state index in [0.29, 0.717) is 16.7 Å². The first-order chi connectivity index (χ1) is 10.0. The summed E-state index contributed by atoms with van der Waals surface area (Å²) < 4.78 is 0. The minimum atomic E-state index is 0.227. The summed E-state index contributed by atoms with van der Waals surface area (Å²) in [6, 6.07) is 6.65. The maximum Gasteiger partial charge on any atom is 0.227 e. The molecule has 0 spiro atoms. The van der Waals surface area contributed by atoms with Crippen LogP contribution < -0.4 is 4.90 Å². The van der Waals surface area contributed by atoms with Crippen molar-refractivity contribution in [1.29, 1.82) is 0 Å². The van der Waals surface area contributed by atoms with Gasteiger partial charge in [-0.25, -0.2) is 0 Å². The Morgan fingerprint density at radius 3 is 2.62 bits per heavy atom. The van der Waals surface area contributed by atoms with Crippen LogP contribution in [0.5, 0.6) is 0 Å². The molecule has 2 aliphatic rings. The number of aryl methyl sites for hydroxylation is 1. The normalized spacial score (nSPS) is 22.8. The molecule has 114 valence electrons. The summed E-state index contributed by atoms with van der Waals surface area (Å²) in [6.45, 7) is 2.42. The third-order valence-corrected chi connectivity index (χ3v) is 6.98. The Hall–Kier alpha value is -0.830. The highest BCUT2D eigenvalue weighted by atomic mass is 79.9. The van der Waals surface area contributed by atoms with E-state index >= 15 is 0 Å². The van der Waals surface area contributed by atoms with Crippen molar-refractivity contribution >= 4 is 27.5 Å². The second-order valence-corrected chi connectivity index (χ2v) is 7.83. The third-order valence-electron chi connectivity index (χ3n) is 5.35. The zero-order valence-electron chi connectivity index (χ0n) is 13.0. The highest BCUT2D eigenvalue weighted by molar-refractivity contribution is 9.09. The fourth-order valence-corrected chi connectivity index (χ4v) is 4.59. The van der Waals surface area contributed by atoms with E-state index < -0.39 is 0 Å². The molecule has 1 amide bonds. The molecule has 1 saturated carbocycles. The molecule has 0 radical (unpaired) electrons. The fourth-order valence-electron chi connectivity index (χ4n) is 3.85. The van der Waals surface area contributed by atoms with Gasteiger partial charge in [0.25, 0.3) is 0 Å². The Morgan fingerprint density at radius 2 is 1.90 bits per heavy atom. The van der Waals surface area contributed by atoms with Crippen LogP contribution in [0, 0.1) is 5.41 Å². The summed E-state index contributed by atoms with van der Waals surface area (Å²) >= 11 is 3.98. The molecule has 1 atom stereocenters. The highest BCUT2D eigenvalue weighted by Crippen LogP contribution is 2.50. The third kappa shape index (κ3) is 2.77. The quantitative estimate of drug-likeness (QED) is 0.687. The van der Waals surface area contributed by atoms with E-state index in [1.165, 1.54) is 43.2 Å². The lowest BCUT2D eigenvalue weighted by Crippen LogP contribution is -2.31. The van der Waals surface area contributed by atoms with Crippen LogP contribution in [-0.4, -0.2) is 13.0 Å². The van der Waals surface area contributed by atoms with Crippen LogP contribution in [0.4, 0.5) is 5.69 Å². The molecular formula is C18H24BrNO. The molecule has 1 unspecified atom stereocenters. The zero-order valence-corrected chi connectivity index (χ0v) is 14.6. The SMILES string of the molecule is CN1C(=O)CCc2cc(C(Br)C3(C)CCCCC3)ccc21. The van der Waals surface area contributed by atoms with Crippen LogP contribution >= 0.6 is 15.9 Å². The molecule has 1 aliphatic heterocycles. The number of benzene rings is 1. The number of carbonyl (C=O) groups is 1. The van der Waals surface area contributed by atoms with Crippen LogP contribution in [0.2, 0.25) is 0 Å². The van der Waals surface area contributed by atoms with Crippen LogP contribution in [0.25, 0.3) is 0 Å². The van der Waals surface area contributed by atoms with E-state index in [0.717, 1.165) is 12.1 Å². The number of anilines is 1. The molecule has 0 saturated heterocycles. The average Bonchev–Trinajstić information content (AvgIpc) is 2.51. The maximum atomic E-state index is 11.8. The van der Waals surface area contributed by atoms with Crippen molar-refractivity contribution in [2.45, 2.75) is 56.7 Å². The van der Waals surface area contributed by atoms with Crippen molar-refractivity contribution in [2.75, 3.05) is 11.9 Å². The van der Waals surface area contributed by atoms with Gasteiger partial charge in [0, 0.05) is 24.0 Å². The molecule has 1 aromatic rings. The number of rotatable bonds is 2. The number of halogens is 1. The van der Waals surface area contributed by atoms with Gasteiger partial charge in [-0.05, 0) is 41.9 Å². The van der Waals surface area contributed by atoms with Gasteiger partial charge in [0.15, 0.2) is 0 Å². The molecule has 21 heavy (non-hydrogen) atoms. The summed E-state index contributed by atoms with van der Waals surface area (Å²) in [5, 5.41) is 0. The first-order valence-electron chi connectivity index (χ1n) is 8.05. The van der Waals surface area contributed by atoms with Gasteiger partial charge in [-0.3, -0.25) is 4.79 Å². The van der Waals surface area contributed by atoms with Gasteiger partial charge in [0.2, 0.25) is 5.91 Å². The van der Waals surface area contributed by atoms with Gasteiger partial charge in [0.05, 0.1) is 0 Å². The van der Waals surface area contributed by atoms with Crippen LogP contribution in [0.15, 0.2) is 18.2 Å². The molecule has 0 bridgehead atoms. The second kappa shape index (κ2) is 5.75. The van der Waals surface area contributed by atoms with Gasteiger partial charge < -0.3 is 4.90 Å². The largest absolute Gasteiger partial charge is 0.315 e. The molecule has 1 aromatic carbocycles. The van der Waals surface area contributed by atoms with Crippen molar-refractivity contribution in [2.24, 2.45) is 5.41 Å². The standard InChI is InChI=1S/C18H24BrNO/c1-18(10-4-3-5-11-18)17(19)14-6-8-15-13(12-14)7-9-16(21)20(15)2/h6,8,12,17H,3-5,7,9-11H2,1-2H3. The van der Waals surface area contributed by atoms with E-state index in [9.17, 15) is 4.79 Å². The number of fused-ring (bicyclic) bond motifs is 1. The molecule has 3 rings (SSSR count). The Bertz CT molecular complexity index is 548. The number of hydrogen-bond acceptors (Lipinski definition) is 1. The molecular weight excluding hydrogens is 326 g/mol. The van der Waals surface area contributed by atoms with Gasteiger partial charge in [-0.1, -0.05) is 54.2 Å². The Kier molecular flexibility index (Phi) is 4.13. The van der Waals surface area contributed by atoms with Crippen molar-refractivity contribution in [3.05, 3.63) is 29.3 Å². The number of carbonyl (C=O) groups excluding carboxylic acids is 1. The minimum absolute atomic E-state index is 0.227. The van der Waals surface area contributed by atoms with Crippen molar-refractivity contribution < 1.29 is 4.79 Å². The average molecular weight is 350 g/mol. The number of amides is 1. The summed E-state index contributed by atoms with van der Waals surface area (Å²) in [5.41, 5.74) is 4.14. The Morgan fingerprint density at radius 1 is 1.19 bits per heavy atom. The fraction of sp³-hybridized carbons (Fsp3) is 0.611. The first-order valence-corrected chi connectivity index (χ1v) is 8.96. The molecule has 1 fully saturated rings. The molecule has 1 heterocycles. The molecule has 2 nitrogen and oxygen atoms in total. The number of nitrogens with zero attached hydrogens (tertiary/aromatic N) is 1. The van der Waals surface area contributed by atoms with Gasteiger partial charge in [0.1, 0.15) is 0 Å². The number of hydrogen-bond donors (Lipinski definition) is 0. The van der Waals surface area contributed by atoms with Gasteiger partial charge in [-0.2, -0.15) is 0 Å². The van der Waals surface area contributed by atoms with E-state index in [1.807, 2.05) is 7.05 Å². The predicted molar refractivity (Wildman–Crippen MR) is 91.0 cm³/mol. The zero-order chi connectivity index (χ0) is 15.0. The van der Waals surface area contributed by atoms with Crippen molar-refractivity contribution in [3.63, 3.8) is 0 Å². The van der Waals surface area contributed by atoms with Gasteiger partial charge >= 0.3 is 0 Å². The summed E-state index contributed by atoms with van der Waals surface area (Å²) in [6.07, 6.45) is 8.20. The van der Waals surface area contributed by atoms with E-state index in [2.05, 4.69) is 41.1 Å². The first kappa shape index (κ1) is 15.1. The predicted octanol–water partition coefficient (Wildman–Crippen LogP) is 5.00. The molecule has 1 aliphatic carbocycles. The smallest absolute Gasteiger partial charge is 0.227 e. The Balaban J connectivity index is 1.88. The summed E-state index contributed by atoms with van der Waals surface area (Å²) in [5.74, 6) is 0.227. The lowest BCUT2D eigenvalue weighted by Gasteiger charge is -2.38. The maximum absolute atomic E-state index is 11.8. The van der Waals surface area contributed by atoms with Gasteiger partial charge in [-0.15, -0.1) is 0 Å². The van der Waals surface area contributed by atoms with E-state index in [4.69, 9.17) is 0 Å². The number of alkyl halides is 1. The molecule has 0 aromatic heterocycles. The monoisotopic (exact) mass is 349 g/mol. The molecule has 0 N–H and O–H groups in total. The summed E-state index contributed by atoms with van der Waals surface area (Å²) in [4.78, 5) is 14.0. The second-order valence-electron chi connectivity index (χ2n) is 6.92. The lowest BCUT2D eigenvalue weighted by molar-refractivity contribution is -0.118. The minimum Gasteiger partial charge on any atom is -0.315 e. The van der Waals surface area contributed by atoms with E-state index in [1.54, 1.807) is 4.90 Å². The lowest BCUT2D eigenvalue weighted by atomic mass is 9.71. The highest BCUT2D eigenvalue weighted by Gasteiger charge is 2.35. The van der Waals surface area contributed by atoms with Crippen LogP contribution in [-0.2, 0) is 11.2 Å². The van der Waals surface area contributed by atoms with Crippen LogP contribution in [0.1, 0.15) is 61.4 Å². The van der Waals surface area contributed by atoms with Crippen molar-refractivity contribution in [1.82, 2.24) is 0 Å². The van der Waals surface area contributed by atoms with E-state index in [-0.39, 0.29) is 5.91 Å². The Labute approximate surface area is 136 Å².